The first-order valence-electron chi connectivity index (χ1n) is 4.02. The van der Waals surface area contributed by atoms with Crippen LogP contribution in [0.4, 0.5) is 4.79 Å². The molecule has 0 spiro atoms. The number of nitrogens with zero attached hydrogens (tertiary/aromatic N) is 1. The van der Waals surface area contributed by atoms with E-state index in [0.717, 1.165) is 4.90 Å². The van der Waals surface area contributed by atoms with E-state index in [1.807, 2.05) is 0 Å². The van der Waals surface area contributed by atoms with Crippen LogP contribution < -0.4 is 5.32 Å². The summed E-state index contributed by atoms with van der Waals surface area (Å²) in [6.45, 7) is 3.61. The van der Waals surface area contributed by atoms with Crippen molar-refractivity contribution in [2.75, 3.05) is 0 Å². The Bertz CT molecular complexity index is 260. The lowest BCUT2D eigenvalue weighted by Gasteiger charge is -2.30. The van der Waals surface area contributed by atoms with Crippen LogP contribution in [0.25, 0.3) is 0 Å². The Morgan fingerprint density at radius 3 is 2.69 bits per heavy atom. The number of carbonyl (C=O) groups is 2. The zero-order valence-corrected chi connectivity index (χ0v) is 7.52. The van der Waals surface area contributed by atoms with Gasteiger partial charge in [-0.25, -0.2) is 4.79 Å². The van der Waals surface area contributed by atoms with Gasteiger partial charge in [0.2, 0.25) is 5.91 Å². The normalized spacial score (nSPS) is 21.9. The van der Waals surface area contributed by atoms with Crippen molar-refractivity contribution < 1.29 is 14.7 Å². The van der Waals surface area contributed by atoms with Crippen LogP contribution in [0.2, 0.25) is 0 Å². The van der Waals surface area contributed by atoms with E-state index in [2.05, 4.69) is 5.32 Å². The van der Waals surface area contributed by atoms with Gasteiger partial charge in [-0.1, -0.05) is 13.8 Å². The Kier molecular flexibility index (Phi) is 2.55. The molecule has 2 amide bonds. The van der Waals surface area contributed by atoms with Gasteiger partial charge in [-0.2, -0.15) is 0 Å². The molecule has 1 aliphatic heterocycles. The highest BCUT2D eigenvalue weighted by molar-refractivity contribution is 5.87. The van der Waals surface area contributed by atoms with Gasteiger partial charge in [0, 0.05) is 12.4 Å². The van der Waals surface area contributed by atoms with Crippen LogP contribution in [0.5, 0.6) is 0 Å². The predicted octanol–water partition coefficient (Wildman–Crippen LogP) is 0.592. The Morgan fingerprint density at radius 1 is 1.69 bits per heavy atom. The SMILES string of the molecule is CC(C)C1C(=O)NC=CN1C(=O)O. The molecule has 2 N–H and O–H groups in total. The van der Waals surface area contributed by atoms with Gasteiger partial charge in [0.05, 0.1) is 0 Å². The lowest BCUT2D eigenvalue weighted by molar-refractivity contribution is -0.126. The van der Waals surface area contributed by atoms with Crippen LogP contribution in [0.1, 0.15) is 13.8 Å². The molecule has 5 heteroatoms. The number of hydrogen-bond acceptors (Lipinski definition) is 2. The highest BCUT2D eigenvalue weighted by Gasteiger charge is 2.32. The van der Waals surface area contributed by atoms with Gasteiger partial charge in [-0.15, -0.1) is 0 Å². The standard InChI is InChI=1S/C8H12N2O3/c1-5(2)6-7(11)9-3-4-10(6)8(12)13/h3-6H,1-2H3,(H,9,11)(H,12,13). The minimum Gasteiger partial charge on any atom is -0.465 e. The summed E-state index contributed by atoms with van der Waals surface area (Å²) < 4.78 is 0. The molecular weight excluding hydrogens is 172 g/mol. The average molecular weight is 184 g/mol. The van der Waals surface area contributed by atoms with E-state index >= 15 is 0 Å². The Labute approximate surface area is 76.0 Å². The summed E-state index contributed by atoms with van der Waals surface area (Å²) in [6.07, 6.45) is 1.58. The molecule has 0 bridgehead atoms. The van der Waals surface area contributed by atoms with Crippen LogP contribution in [-0.2, 0) is 4.79 Å². The monoisotopic (exact) mass is 184 g/mol. The molecule has 1 heterocycles. The average Bonchev–Trinajstić information content (AvgIpc) is 2.02. The van der Waals surface area contributed by atoms with Crippen molar-refractivity contribution in [1.82, 2.24) is 10.2 Å². The minimum absolute atomic E-state index is 0.0407. The lowest BCUT2D eigenvalue weighted by Crippen LogP contribution is -2.51. The summed E-state index contributed by atoms with van der Waals surface area (Å²) in [5.41, 5.74) is 0. The van der Waals surface area contributed by atoms with Crippen LogP contribution in [0.15, 0.2) is 12.4 Å². The van der Waals surface area contributed by atoms with Gasteiger partial charge in [0.15, 0.2) is 0 Å². The number of hydrogen-bond donors (Lipinski definition) is 2. The molecule has 0 radical (unpaired) electrons. The maximum Gasteiger partial charge on any atom is 0.412 e. The molecule has 0 fully saturated rings. The smallest absolute Gasteiger partial charge is 0.412 e. The first-order valence-corrected chi connectivity index (χ1v) is 4.02. The fourth-order valence-corrected chi connectivity index (χ4v) is 1.31. The first kappa shape index (κ1) is 9.57. The van der Waals surface area contributed by atoms with Gasteiger partial charge < -0.3 is 10.4 Å². The van der Waals surface area contributed by atoms with Gasteiger partial charge in [-0.3, -0.25) is 9.69 Å². The maximum absolute atomic E-state index is 11.3. The Hall–Kier alpha value is -1.52. The van der Waals surface area contributed by atoms with Crippen molar-refractivity contribution in [3.05, 3.63) is 12.4 Å². The largest absolute Gasteiger partial charge is 0.465 e. The quantitative estimate of drug-likeness (QED) is 0.626. The second-order valence-electron chi connectivity index (χ2n) is 3.20. The first-order chi connectivity index (χ1) is 6.04. The van der Waals surface area contributed by atoms with Crippen molar-refractivity contribution in [2.24, 2.45) is 5.92 Å². The molecule has 5 nitrogen and oxygen atoms in total. The number of rotatable bonds is 1. The highest BCUT2D eigenvalue weighted by Crippen LogP contribution is 2.14. The summed E-state index contributed by atoms with van der Waals surface area (Å²) >= 11 is 0. The molecule has 0 saturated carbocycles. The van der Waals surface area contributed by atoms with Gasteiger partial charge in [0.25, 0.3) is 0 Å². The predicted molar refractivity (Wildman–Crippen MR) is 45.8 cm³/mol. The molecule has 72 valence electrons. The van der Waals surface area contributed by atoms with E-state index in [1.165, 1.54) is 12.4 Å². The summed E-state index contributed by atoms with van der Waals surface area (Å²) in [4.78, 5) is 23.0. The second-order valence-corrected chi connectivity index (χ2v) is 3.20. The molecule has 1 rings (SSSR count). The third-order valence-corrected chi connectivity index (χ3v) is 1.88. The zero-order valence-electron chi connectivity index (χ0n) is 7.52. The topological polar surface area (TPSA) is 69.6 Å². The van der Waals surface area contributed by atoms with Gasteiger partial charge in [-0.05, 0) is 5.92 Å². The Morgan fingerprint density at radius 2 is 2.31 bits per heavy atom. The van der Waals surface area contributed by atoms with E-state index in [-0.39, 0.29) is 11.8 Å². The summed E-state index contributed by atoms with van der Waals surface area (Å²) in [7, 11) is 0. The molecule has 0 saturated heterocycles. The molecule has 0 aliphatic carbocycles. The van der Waals surface area contributed by atoms with Crippen LogP contribution in [-0.4, -0.2) is 28.0 Å². The van der Waals surface area contributed by atoms with E-state index in [0.29, 0.717) is 0 Å². The molecule has 0 aromatic rings. The van der Waals surface area contributed by atoms with Crippen molar-refractivity contribution in [3.8, 4) is 0 Å². The molecule has 0 aromatic carbocycles. The van der Waals surface area contributed by atoms with Crippen molar-refractivity contribution in [2.45, 2.75) is 19.9 Å². The number of carboxylic acid groups (broad SMARTS) is 1. The van der Waals surface area contributed by atoms with E-state index in [9.17, 15) is 9.59 Å². The summed E-state index contributed by atoms with van der Waals surface area (Å²) in [6, 6.07) is -0.623. The third-order valence-electron chi connectivity index (χ3n) is 1.88. The number of amides is 2. The van der Waals surface area contributed by atoms with Crippen LogP contribution in [0.3, 0.4) is 0 Å². The highest BCUT2D eigenvalue weighted by atomic mass is 16.4. The third kappa shape index (κ3) is 1.80. The lowest BCUT2D eigenvalue weighted by atomic mass is 10.0. The zero-order chi connectivity index (χ0) is 10.0. The molecular formula is C8H12N2O3. The van der Waals surface area contributed by atoms with Crippen LogP contribution in [0, 0.1) is 5.92 Å². The molecule has 13 heavy (non-hydrogen) atoms. The fraction of sp³-hybridized carbons (Fsp3) is 0.500. The minimum atomic E-state index is -1.11. The van der Waals surface area contributed by atoms with Gasteiger partial charge in [0.1, 0.15) is 6.04 Å². The molecule has 1 aliphatic rings. The summed E-state index contributed by atoms with van der Waals surface area (Å²) in [5, 5.41) is 11.2. The molecule has 1 unspecified atom stereocenters. The van der Waals surface area contributed by atoms with E-state index < -0.39 is 12.1 Å². The summed E-state index contributed by atoms with van der Waals surface area (Å²) in [5.74, 6) is -0.319. The molecule has 0 aromatic heterocycles. The Balaban J connectivity index is 2.91. The van der Waals surface area contributed by atoms with E-state index in [4.69, 9.17) is 5.11 Å². The van der Waals surface area contributed by atoms with Crippen molar-refractivity contribution in [3.63, 3.8) is 0 Å². The van der Waals surface area contributed by atoms with Gasteiger partial charge >= 0.3 is 6.09 Å². The number of nitrogens with one attached hydrogen (secondary N) is 1. The maximum atomic E-state index is 11.3. The number of carbonyl (C=O) groups excluding carboxylic acids is 1. The second kappa shape index (κ2) is 3.47. The van der Waals surface area contributed by atoms with Crippen LogP contribution >= 0.6 is 0 Å². The molecule has 1 atom stereocenters. The van der Waals surface area contributed by atoms with Crippen molar-refractivity contribution in [1.29, 1.82) is 0 Å². The van der Waals surface area contributed by atoms with E-state index in [1.54, 1.807) is 13.8 Å². The van der Waals surface area contributed by atoms with Crippen molar-refractivity contribution >= 4 is 12.0 Å². The fourth-order valence-electron chi connectivity index (χ4n) is 1.31.